The standard InChI is InChI=1S/C27H42N4O.C23H21N3O2.C21H21BrN4O2.C21H22F3N5O2/c1-31-25(32)27(30-26(31)28,17-15-21-9-4-2-5-10-21)20-23-13-8-14-24(19-23)29-18-16-22-11-6-3-7-12-22;1-28-20-14-12-17(13-15-20)16-26-21(27)23(25-22(26)24,18-8-4-2-5-9-18)19-10-6-3-7-11-19;1-3-10-24-18(27)15-7-4-6-14(11-15)13-26-19(28)21(2,25-20(26)23)16-8-5-9-17(22)12-16;1-20(2)17(30)29(18(25)28-20)12-14-8-6-13(7-9-14)11-26-19(31)27-16-5-3-4-15(10-16)21(22,23)24/h3,6-7,11-12,21,23-24,29H,2,4-5,8-10,13-20H2,1H3,(H2,28,30);2-15H,16H2,1H3,(H2,24,25);3-9,11-12H,1,10,13H2,2H3,(H2,23,25)(H,24,27);3-10H,11-12H2,1-2H3,(H2,25,28)(H2,26,27,31)/t23-,24+,27+;;;/m0.../s1. The van der Waals surface area contributed by atoms with Gasteiger partial charge < -0.3 is 48.9 Å². The SMILES string of the molecule is C=CCNC(=O)c1cccc(CN2C(=O)C(C)(c3cccc(Br)c3)N=C2N)c1.CC1(C)N=C(N)N(Cc2ccc(CNC(=O)Nc3cccc(C(F)(F)F)c3)cc2)C1=O.CN1C(=O)[C@@](CCC2CCCCC2)(C[C@H]2CCC[C@@H](NCCc3ccccc3)C2)N=C1N.COc1ccc(CN2C(=O)C(c3ccccc3)(c3ccccc3)N=C2N)cc1. The van der Waals surface area contributed by atoms with Crippen molar-refractivity contribution in [3.63, 3.8) is 0 Å². The first kappa shape index (κ1) is 87.9. The maximum atomic E-state index is 13.7. The predicted octanol–water partition coefficient (Wildman–Crippen LogP) is 14.3. The molecule has 4 aliphatic heterocycles. The second-order valence-corrected chi connectivity index (χ2v) is 32.4. The van der Waals surface area contributed by atoms with E-state index in [0.29, 0.717) is 36.6 Å². The highest BCUT2D eigenvalue weighted by molar-refractivity contribution is 9.10. The second kappa shape index (κ2) is 39.5. The van der Waals surface area contributed by atoms with E-state index in [-0.39, 0.29) is 72.7 Å². The third kappa shape index (κ3) is 22.1. The average Bonchev–Trinajstić information content (AvgIpc) is 1.57. The number of guanidine groups is 4. The summed E-state index contributed by atoms with van der Waals surface area (Å²) in [5.74, 6) is 2.42. The second-order valence-electron chi connectivity index (χ2n) is 31.4. The number of halogens is 4. The summed E-state index contributed by atoms with van der Waals surface area (Å²) in [6, 6.07) is 63.4. The molecule has 1 unspecified atom stereocenters. The maximum Gasteiger partial charge on any atom is 0.416 e. The molecule has 0 bridgehead atoms. The summed E-state index contributed by atoms with van der Waals surface area (Å²) in [5.41, 5.74) is 27.4. The molecule has 14 rings (SSSR count). The fourth-order valence-electron chi connectivity index (χ4n) is 16.0. The van der Waals surface area contributed by atoms with Crippen LogP contribution in [0.25, 0.3) is 0 Å². The molecule has 0 radical (unpaired) electrons. The Balaban J connectivity index is 0.000000156. The number of urea groups is 1. The lowest BCUT2D eigenvalue weighted by molar-refractivity contribution is -0.137. The van der Waals surface area contributed by atoms with Crippen LogP contribution in [0.5, 0.6) is 5.75 Å². The minimum atomic E-state index is -4.48. The minimum absolute atomic E-state index is 0.0418. The number of likely N-dealkylation sites (N-methyl/N-ethyl adjacent to an activating group) is 1. The normalized spacial score (nSPS) is 20.0. The van der Waals surface area contributed by atoms with E-state index in [9.17, 15) is 41.9 Å². The zero-order valence-electron chi connectivity index (χ0n) is 67.9. The average molecular weight is 1680 g/mol. The number of nitrogens with two attached hydrogens (primary N) is 4. The summed E-state index contributed by atoms with van der Waals surface area (Å²) >= 11 is 3.43. The third-order valence-corrected chi connectivity index (χ3v) is 23.0. The number of methoxy groups -OCH3 is 1. The summed E-state index contributed by atoms with van der Waals surface area (Å²) < 4.78 is 44.3. The van der Waals surface area contributed by atoms with Gasteiger partial charge in [0.05, 0.1) is 32.3 Å². The molecule has 4 heterocycles. The lowest BCUT2D eigenvalue weighted by atomic mass is 9.74. The zero-order chi connectivity index (χ0) is 85.1. The van der Waals surface area contributed by atoms with Crippen LogP contribution in [0.3, 0.4) is 0 Å². The number of nitrogens with zero attached hydrogens (tertiary/aromatic N) is 8. The number of aliphatic imine (C=N–C) groups is 4. The summed E-state index contributed by atoms with van der Waals surface area (Å²) in [6.07, 6.45) is 12.5. The lowest BCUT2D eigenvalue weighted by Gasteiger charge is -2.35. The molecule has 2 saturated carbocycles. The Morgan fingerprint density at radius 1 is 0.571 bits per heavy atom. The van der Waals surface area contributed by atoms with Gasteiger partial charge in [0.1, 0.15) is 16.8 Å². The fraction of sp³-hybridized carbons (Fsp3) is 0.348. The Bertz CT molecular complexity index is 4970. The monoisotopic (exact) mass is 1680 g/mol. The third-order valence-electron chi connectivity index (χ3n) is 22.5. The van der Waals surface area contributed by atoms with Crippen LogP contribution in [-0.4, -0.2) is 123 Å². The Hall–Kier alpha value is -12.0. The van der Waals surface area contributed by atoms with Gasteiger partial charge in [-0.15, -0.1) is 6.58 Å². The number of anilines is 1. The summed E-state index contributed by atoms with van der Waals surface area (Å²) in [4.78, 5) is 101. The highest BCUT2D eigenvalue weighted by Gasteiger charge is 2.52. The van der Waals surface area contributed by atoms with Crippen molar-refractivity contribution in [2.45, 2.75) is 165 Å². The van der Waals surface area contributed by atoms with Gasteiger partial charge in [-0.1, -0.05) is 225 Å². The van der Waals surface area contributed by atoms with Gasteiger partial charge in [0.15, 0.2) is 34.9 Å². The molecule has 23 nitrogen and oxygen atoms in total. The molecule has 119 heavy (non-hydrogen) atoms. The Labute approximate surface area is 702 Å². The predicted molar refractivity (Wildman–Crippen MR) is 463 cm³/mol. The molecule has 7 amide bonds. The zero-order valence-corrected chi connectivity index (χ0v) is 69.5. The van der Waals surface area contributed by atoms with Crippen LogP contribution >= 0.6 is 15.9 Å². The first-order valence-corrected chi connectivity index (χ1v) is 41.0. The van der Waals surface area contributed by atoms with Crippen LogP contribution in [0.1, 0.15) is 158 Å². The highest BCUT2D eigenvalue weighted by atomic mass is 79.9. The van der Waals surface area contributed by atoms with Crippen molar-refractivity contribution in [2.24, 2.45) is 54.7 Å². The van der Waals surface area contributed by atoms with Crippen molar-refractivity contribution in [1.82, 2.24) is 35.6 Å². The summed E-state index contributed by atoms with van der Waals surface area (Å²) in [6.45, 7) is 11.2. The molecule has 0 aromatic heterocycles. The number of carbonyl (C=O) groups excluding carboxylic acids is 6. The summed E-state index contributed by atoms with van der Waals surface area (Å²) in [7, 11) is 3.41. The van der Waals surface area contributed by atoms with Gasteiger partial charge in [-0.05, 0) is 177 Å². The quantitative estimate of drug-likeness (QED) is 0.0248. The van der Waals surface area contributed by atoms with Crippen molar-refractivity contribution in [2.75, 3.05) is 32.6 Å². The smallest absolute Gasteiger partial charge is 0.416 e. The molecule has 2 fully saturated rings. The Morgan fingerprint density at radius 2 is 1.13 bits per heavy atom. The van der Waals surface area contributed by atoms with Gasteiger partial charge in [-0.25, -0.2) is 24.8 Å². The molecule has 12 N–H and O–H groups in total. The number of nitrogens with one attached hydrogen (secondary N) is 4. The first-order chi connectivity index (χ1) is 57.0. The largest absolute Gasteiger partial charge is 0.497 e. The van der Waals surface area contributed by atoms with Gasteiger partial charge in [0.2, 0.25) is 0 Å². The van der Waals surface area contributed by atoms with Gasteiger partial charge in [-0.3, -0.25) is 43.6 Å². The number of ether oxygens (including phenoxy) is 1. The minimum Gasteiger partial charge on any atom is -0.497 e. The number of amides is 7. The van der Waals surface area contributed by atoms with Gasteiger partial charge in [0.25, 0.3) is 29.5 Å². The van der Waals surface area contributed by atoms with E-state index in [0.717, 1.165) is 106 Å². The molecule has 8 aromatic rings. The van der Waals surface area contributed by atoms with E-state index >= 15 is 0 Å². The van der Waals surface area contributed by atoms with Gasteiger partial charge >= 0.3 is 12.2 Å². The van der Waals surface area contributed by atoms with Crippen LogP contribution in [-0.2, 0) is 69.0 Å². The van der Waals surface area contributed by atoms with E-state index in [1.165, 1.54) is 78.9 Å². The Kier molecular flexibility index (Phi) is 29.2. The number of hydrogen-bond donors (Lipinski definition) is 8. The molecule has 2 aliphatic carbocycles. The van der Waals surface area contributed by atoms with Crippen LogP contribution in [0, 0.1) is 11.8 Å². The number of hydrogen-bond acceptors (Lipinski definition) is 16. The molecule has 0 saturated heterocycles. The maximum absolute atomic E-state index is 13.7. The topological polar surface area (TPSA) is 326 Å². The van der Waals surface area contributed by atoms with Gasteiger partial charge in [-0.2, -0.15) is 13.2 Å². The number of carbonyl (C=O) groups is 6. The molecule has 0 spiro atoms. The molecular weight excluding hydrogens is 1580 g/mol. The van der Waals surface area contributed by atoms with E-state index in [1.54, 1.807) is 93.3 Å². The lowest BCUT2D eigenvalue weighted by Crippen LogP contribution is -2.45. The van der Waals surface area contributed by atoms with E-state index in [4.69, 9.17) is 37.7 Å². The molecular formula is C92H106BrF3N16O7. The molecule has 624 valence electrons. The van der Waals surface area contributed by atoms with E-state index < -0.39 is 39.9 Å². The number of rotatable bonds is 25. The molecule has 8 aromatic carbocycles. The van der Waals surface area contributed by atoms with Crippen molar-refractivity contribution in [3.05, 3.63) is 285 Å². The number of alkyl halides is 3. The van der Waals surface area contributed by atoms with Crippen LogP contribution in [0.2, 0.25) is 0 Å². The molecule has 4 atom stereocenters. The van der Waals surface area contributed by atoms with E-state index in [2.05, 4.69) is 84.1 Å². The molecule has 27 heteroatoms. The van der Waals surface area contributed by atoms with Crippen LogP contribution < -0.4 is 48.9 Å². The summed E-state index contributed by atoms with van der Waals surface area (Å²) in [5, 5.41) is 11.5. The van der Waals surface area contributed by atoms with E-state index in [1.807, 2.05) is 115 Å². The fourth-order valence-corrected chi connectivity index (χ4v) is 16.4. The van der Waals surface area contributed by atoms with Gasteiger partial charge in [0, 0.05) is 41.9 Å². The number of benzene rings is 8. The highest BCUT2D eigenvalue weighted by Crippen LogP contribution is 2.43. The first-order valence-electron chi connectivity index (χ1n) is 40.2. The van der Waals surface area contributed by atoms with Crippen molar-refractivity contribution in [3.8, 4) is 5.75 Å². The van der Waals surface area contributed by atoms with Crippen molar-refractivity contribution in [1.29, 1.82) is 0 Å². The van der Waals surface area contributed by atoms with Crippen molar-refractivity contribution >= 4 is 81.0 Å². The van der Waals surface area contributed by atoms with Crippen LogP contribution in [0.4, 0.5) is 23.7 Å². The molecule has 6 aliphatic rings. The Morgan fingerprint density at radius 3 is 1.74 bits per heavy atom. The van der Waals surface area contributed by atoms with Crippen LogP contribution in [0.15, 0.2) is 249 Å². The van der Waals surface area contributed by atoms with Crippen molar-refractivity contribution < 1.29 is 46.7 Å².